The molecule has 0 unspecified atom stereocenters. The summed E-state index contributed by atoms with van der Waals surface area (Å²) in [4.78, 5) is 21.9. The van der Waals surface area contributed by atoms with Crippen molar-refractivity contribution in [1.29, 1.82) is 0 Å². The number of aryl methyl sites for hydroxylation is 1. The first-order valence-electron chi connectivity index (χ1n) is 8.41. The van der Waals surface area contributed by atoms with Gasteiger partial charge >= 0.3 is 0 Å². The van der Waals surface area contributed by atoms with Gasteiger partial charge in [0.15, 0.2) is 4.96 Å². The van der Waals surface area contributed by atoms with Crippen LogP contribution in [0.4, 0.5) is 10.1 Å². The molecule has 1 amide bonds. The maximum Gasteiger partial charge on any atom is 0.274 e. The summed E-state index contributed by atoms with van der Waals surface area (Å²) >= 11 is 1.46. The summed E-state index contributed by atoms with van der Waals surface area (Å²) in [5.41, 5.74) is 2.69. The van der Waals surface area contributed by atoms with Gasteiger partial charge in [-0.2, -0.15) is 4.98 Å². The number of nitrogens with zero attached hydrogens (tertiary/aromatic N) is 4. The molecule has 0 spiro atoms. The topological polar surface area (TPSA) is 85.3 Å². The second-order valence-corrected chi connectivity index (χ2v) is 7.37. The number of hydrogen-bond acceptors (Lipinski definition) is 6. The molecule has 1 aliphatic rings. The van der Waals surface area contributed by atoms with Crippen molar-refractivity contribution in [2.45, 2.75) is 25.4 Å². The first-order chi connectivity index (χ1) is 13.1. The normalized spacial score (nSPS) is 18.7. The fourth-order valence-corrected chi connectivity index (χ4v) is 3.59. The molecule has 2 atom stereocenters. The van der Waals surface area contributed by atoms with E-state index in [9.17, 15) is 9.18 Å². The average molecular weight is 383 g/mol. The number of halogens is 1. The zero-order valence-corrected chi connectivity index (χ0v) is 15.0. The zero-order chi connectivity index (χ0) is 18.5. The minimum absolute atomic E-state index is 0.256. The maximum atomic E-state index is 13.2. The Bertz CT molecular complexity index is 1160. The van der Waals surface area contributed by atoms with E-state index in [1.807, 2.05) is 30.6 Å². The molecule has 3 aromatic heterocycles. The van der Waals surface area contributed by atoms with Gasteiger partial charge < -0.3 is 9.84 Å². The average Bonchev–Trinajstić information content (AvgIpc) is 3.08. The number of nitrogens with one attached hydrogen (secondary N) is 1. The molecule has 1 aliphatic carbocycles. The van der Waals surface area contributed by atoms with Gasteiger partial charge in [-0.15, -0.1) is 11.3 Å². The summed E-state index contributed by atoms with van der Waals surface area (Å²) < 4.78 is 20.1. The Morgan fingerprint density at radius 2 is 2.30 bits per heavy atom. The van der Waals surface area contributed by atoms with Gasteiger partial charge in [0.05, 0.1) is 12.1 Å². The van der Waals surface area contributed by atoms with Crippen molar-refractivity contribution in [2.24, 2.45) is 0 Å². The summed E-state index contributed by atoms with van der Waals surface area (Å²) in [6.45, 7) is 1.90. The lowest BCUT2D eigenvalue weighted by Crippen LogP contribution is -2.14. The van der Waals surface area contributed by atoms with Crippen LogP contribution in [0.5, 0.6) is 0 Å². The minimum Gasteiger partial charge on any atom is -0.339 e. The number of benzene rings is 1. The van der Waals surface area contributed by atoms with E-state index < -0.39 is 6.17 Å². The molecular weight excluding hydrogens is 369 g/mol. The molecule has 7 nitrogen and oxygen atoms in total. The minimum atomic E-state index is -0.893. The van der Waals surface area contributed by atoms with Gasteiger partial charge in [-0.1, -0.05) is 17.3 Å². The Morgan fingerprint density at radius 3 is 3.11 bits per heavy atom. The fraction of sp³-hybridized carbons (Fsp3) is 0.222. The van der Waals surface area contributed by atoms with Crippen molar-refractivity contribution in [2.75, 3.05) is 5.32 Å². The van der Waals surface area contributed by atoms with Crippen molar-refractivity contribution >= 4 is 27.9 Å². The van der Waals surface area contributed by atoms with Gasteiger partial charge in [-0.3, -0.25) is 9.20 Å². The van der Waals surface area contributed by atoms with Gasteiger partial charge in [-0.05, 0) is 25.0 Å². The van der Waals surface area contributed by atoms with E-state index in [0.29, 0.717) is 35.1 Å². The molecule has 4 aromatic rings. The maximum absolute atomic E-state index is 13.2. The number of amides is 1. The first-order valence-corrected chi connectivity index (χ1v) is 9.29. The number of carbonyl (C=O) groups is 1. The third-order valence-electron chi connectivity index (χ3n) is 4.59. The highest BCUT2D eigenvalue weighted by Crippen LogP contribution is 2.43. The molecule has 0 bridgehead atoms. The van der Waals surface area contributed by atoms with E-state index in [-0.39, 0.29) is 11.8 Å². The molecule has 1 fully saturated rings. The molecular formula is C18H14FN5O2S. The largest absolute Gasteiger partial charge is 0.339 e. The number of fused-ring (bicyclic) bond motifs is 1. The second-order valence-electron chi connectivity index (χ2n) is 6.50. The van der Waals surface area contributed by atoms with Gasteiger partial charge in [0.2, 0.25) is 11.7 Å². The van der Waals surface area contributed by atoms with Crippen LogP contribution in [0.2, 0.25) is 0 Å². The third kappa shape index (κ3) is 2.80. The highest BCUT2D eigenvalue weighted by molar-refractivity contribution is 7.15. The lowest BCUT2D eigenvalue weighted by Gasteiger charge is -2.09. The lowest BCUT2D eigenvalue weighted by atomic mass is 10.1. The molecule has 27 heavy (non-hydrogen) atoms. The number of imidazole rings is 1. The Morgan fingerprint density at radius 1 is 1.44 bits per heavy atom. The first kappa shape index (κ1) is 16.1. The van der Waals surface area contributed by atoms with Crippen LogP contribution in [0.3, 0.4) is 0 Å². The van der Waals surface area contributed by atoms with E-state index in [2.05, 4.69) is 20.4 Å². The van der Waals surface area contributed by atoms with E-state index in [1.165, 1.54) is 11.3 Å². The molecule has 1 aromatic carbocycles. The number of rotatable bonds is 4. The van der Waals surface area contributed by atoms with Crippen LogP contribution in [-0.4, -0.2) is 31.6 Å². The fourth-order valence-electron chi connectivity index (χ4n) is 2.90. The van der Waals surface area contributed by atoms with Crippen molar-refractivity contribution in [3.63, 3.8) is 0 Å². The second kappa shape index (κ2) is 5.98. The molecule has 1 saturated carbocycles. The quantitative estimate of drug-likeness (QED) is 0.579. The van der Waals surface area contributed by atoms with Gasteiger partial charge in [-0.25, -0.2) is 9.37 Å². The zero-order valence-electron chi connectivity index (χ0n) is 14.2. The Hall–Kier alpha value is -3.07. The van der Waals surface area contributed by atoms with Crippen LogP contribution >= 0.6 is 11.3 Å². The van der Waals surface area contributed by atoms with Crippen molar-refractivity contribution in [3.05, 3.63) is 53.1 Å². The summed E-state index contributed by atoms with van der Waals surface area (Å²) in [6.07, 6.45) is 2.90. The number of alkyl halides is 1. The van der Waals surface area contributed by atoms with Crippen molar-refractivity contribution in [3.8, 4) is 11.4 Å². The highest BCUT2D eigenvalue weighted by atomic mass is 32.1. The van der Waals surface area contributed by atoms with E-state index in [1.54, 1.807) is 16.7 Å². The predicted octanol–water partition coefficient (Wildman–Crippen LogP) is 3.83. The van der Waals surface area contributed by atoms with Crippen LogP contribution < -0.4 is 5.32 Å². The third-order valence-corrected chi connectivity index (χ3v) is 5.37. The standard InChI is InChI=1S/C18H14FN5O2S/c1-9-2-3-10(15-22-17(26-23-15)11-7-12(11)19)6-13(9)21-16(25)14-8-20-18-24(14)4-5-27-18/h2-6,8,11-12H,7H2,1H3,(H,21,25)/t11-,12-/m0/s1. The molecule has 0 saturated heterocycles. The number of carbonyl (C=O) groups excluding carboxylic acids is 1. The van der Waals surface area contributed by atoms with E-state index in [4.69, 9.17) is 4.52 Å². The molecule has 136 valence electrons. The highest BCUT2D eigenvalue weighted by Gasteiger charge is 2.43. The predicted molar refractivity (Wildman–Crippen MR) is 97.7 cm³/mol. The molecule has 3 heterocycles. The summed E-state index contributed by atoms with van der Waals surface area (Å²) in [5, 5.41) is 8.73. The van der Waals surface area contributed by atoms with Crippen LogP contribution in [0.15, 0.2) is 40.5 Å². The Kier molecular flexibility index (Phi) is 3.57. The van der Waals surface area contributed by atoms with Gasteiger partial charge in [0.25, 0.3) is 5.91 Å². The molecule has 9 heteroatoms. The summed E-state index contributed by atoms with van der Waals surface area (Å²) in [7, 11) is 0. The van der Waals surface area contributed by atoms with Gasteiger partial charge in [0, 0.05) is 22.8 Å². The summed E-state index contributed by atoms with van der Waals surface area (Å²) in [6, 6.07) is 5.50. The Balaban J connectivity index is 1.43. The van der Waals surface area contributed by atoms with Crippen LogP contribution in [0.1, 0.15) is 34.3 Å². The molecule has 5 rings (SSSR count). The SMILES string of the molecule is Cc1ccc(-c2noc([C@H]3C[C@@H]3F)n2)cc1NC(=O)c1cnc2sccn12. The monoisotopic (exact) mass is 383 g/mol. The number of anilines is 1. The van der Waals surface area contributed by atoms with Gasteiger partial charge in [0.1, 0.15) is 11.9 Å². The van der Waals surface area contributed by atoms with E-state index >= 15 is 0 Å². The van der Waals surface area contributed by atoms with E-state index in [0.717, 1.165) is 10.5 Å². The molecule has 1 N–H and O–H groups in total. The molecule has 0 radical (unpaired) electrons. The lowest BCUT2D eigenvalue weighted by molar-refractivity contribution is 0.102. The number of thiazole rings is 1. The summed E-state index contributed by atoms with van der Waals surface area (Å²) in [5.74, 6) is 0.158. The van der Waals surface area contributed by atoms with Crippen LogP contribution in [-0.2, 0) is 0 Å². The van der Waals surface area contributed by atoms with Crippen molar-refractivity contribution in [1.82, 2.24) is 19.5 Å². The smallest absolute Gasteiger partial charge is 0.274 e. The van der Waals surface area contributed by atoms with Crippen LogP contribution in [0, 0.1) is 6.92 Å². The Labute approximate surface area is 156 Å². The number of aromatic nitrogens is 4. The van der Waals surface area contributed by atoms with Crippen molar-refractivity contribution < 1.29 is 13.7 Å². The number of hydrogen-bond donors (Lipinski definition) is 1. The molecule has 0 aliphatic heterocycles. The van der Waals surface area contributed by atoms with Crippen LogP contribution in [0.25, 0.3) is 16.3 Å².